The third-order valence-electron chi connectivity index (χ3n) is 4.07. The lowest BCUT2D eigenvalue weighted by Crippen LogP contribution is -2.41. The minimum absolute atomic E-state index is 0.0907. The van der Waals surface area contributed by atoms with E-state index in [0.717, 1.165) is 37.0 Å². The van der Waals surface area contributed by atoms with Crippen LogP contribution in [0.25, 0.3) is 0 Å². The van der Waals surface area contributed by atoms with Crippen LogP contribution in [-0.4, -0.2) is 33.7 Å². The van der Waals surface area contributed by atoms with Gasteiger partial charge in [-0.05, 0) is 30.2 Å². The van der Waals surface area contributed by atoms with Crippen LogP contribution < -0.4 is 4.74 Å². The molecule has 0 spiro atoms. The molecular weight excluding hydrogens is 264 g/mol. The standard InChI is InChI=1S/C16H22N4O/c1-11-17-15(19-18-11)9-20-8-12-5-6-13(21-4)7-14(12)16(2,3)10-20/h5-7H,8-10H2,1-4H3,(H,17,18,19). The minimum Gasteiger partial charge on any atom is -0.497 e. The molecule has 1 aromatic carbocycles. The molecule has 112 valence electrons. The van der Waals surface area contributed by atoms with Crippen molar-refractivity contribution in [2.75, 3.05) is 13.7 Å². The van der Waals surface area contributed by atoms with E-state index in [4.69, 9.17) is 4.74 Å². The molecule has 0 radical (unpaired) electrons. The summed E-state index contributed by atoms with van der Waals surface area (Å²) in [6.07, 6.45) is 0. The largest absolute Gasteiger partial charge is 0.497 e. The fraction of sp³-hybridized carbons (Fsp3) is 0.500. The summed E-state index contributed by atoms with van der Waals surface area (Å²) in [6, 6.07) is 6.38. The highest BCUT2D eigenvalue weighted by molar-refractivity contribution is 5.41. The minimum atomic E-state index is 0.0907. The number of H-pyrrole nitrogens is 1. The van der Waals surface area contributed by atoms with Gasteiger partial charge in [-0.15, -0.1) is 0 Å². The maximum Gasteiger partial charge on any atom is 0.164 e. The second kappa shape index (κ2) is 5.15. The predicted octanol–water partition coefficient (Wildman–Crippen LogP) is 2.42. The summed E-state index contributed by atoms with van der Waals surface area (Å²) < 4.78 is 5.36. The number of aryl methyl sites for hydroxylation is 1. The lowest BCUT2D eigenvalue weighted by Gasteiger charge is -2.39. The molecule has 0 saturated heterocycles. The number of rotatable bonds is 3. The highest BCUT2D eigenvalue weighted by Crippen LogP contribution is 2.35. The Labute approximate surface area is 125 Å². The van der Waals surface area contributed by atoms with E-state index in [9.17, 15) is 0 Å². The quantitative estimate of drug-likeness (QED) is 0.941. The van der Waals surface area contributed by atoms with Crippen LogP contribution in [0.15, 0.2) is 18.2 Å². The van der Waals surface area contributed by atoms with Crippen molar-refractivity contribution in [2.24, 2.45) is 0 Å². The van der Waals surface area contributed by atoms with E-state index >= 15 is 0 Å². The summed E-state index contributed by atoms with van der Waals surface area (Å²) in [5.74, 6) is 2.66. The van der Waals surface area contributed by atoms with E-state index < -0.39 is 0 Å². The number of aromatic amines is 1. The average Bonchev–Trinajstić information content (AvgIpc) is 2.83. The first-order chi connectivity index (χ1) is 9.98. The molecule has 2 heterocycles. The van der Waals surface area contributed by atoms with Crippen molar-refractivity contribution >= 4 is 0 Å². The van der Waals surface area contributed by atoms with Gasteiger partial charge in [-0.2, -0.15) is 5.10 Å². The van der Waals surface area contributed by atoms with Crippen LogP contribution in [0.3, 0.4) is 0 Å². The van der Waals surface area contributed by atoms with Gasteiger partial charge in [-0.1, -0.05) is 19.9 Å². The first-order valence-electron chi connectivity index (χ1n) is 7.25. The number of hydrogen-bond donors (Lipinski definition) is 1. The third-order valence-corrected chi connectivity index (χ3v) is 4.07. The summed E-state index contributed by atoms with van der Waals surface area (Å²) in [5.41, 5.74) is 2.83. The lowest BCUT2D eigenvalue weighted by atomic mass is 9.78. The van der Waals surface area contributed by atoms with Gasteiger partial charge < -0.3 is 4.74 Å². The van der Waals surface area contributed by atoms with E-state index in [2.05, 4.69) is 46.1 Å². The second-order valence-corrected chi connectivity index (χ2v) is 6.39. The molecule has 0 amide bonds. The molecule has 1 aliphatic rings. The van der Waals surface area contributed by atoms with E-state index in [0.29, 0.717) is 0 Å². The maximum atomic E-state index is 5.36. The highest BCUT2D eigenvalue weighted by Gasteiger charge is 2.32. The molecule has 0 fully saturated rings. The topological polar surface area (TPSA) is 54.0 Å². The molecule has 1 N–H and O–H groups in total. The molecule has 1 aromatic heterocycles. The zero-order valence-electron chi connectivity index (χ0n) is 13.1. The zero-order chi connectivity index (χ0) is 15.0. The van der Waals surface area contributed by atoms with Gasteiger partial charge in [0.25, 0.3) is 0 Å². The Morgan fingerprint density at radius 1 is 1.38 bits per heavy atom. The average molecular weight is 286 g/mol. The normalized spacial score (nSPS) is 17.5. The van der Waals surface area contributed by atoms with E-state index in [1.165, 1.54) is 11.1 Å². The van der Waals surface area contributed by atoms with Gasteiger partial charge in [-0.3, -0.25) is 10.00 Å². The predicted molar refractivity (Wildman–Crippen MR) is 81.3 cm³/mol. The Kier molecular flexibility index (Phi) is 3.45. The molecule has 1 aliphatic heterocycles. The van der Waals surface area contributed by atoms with Gasteiger partial charge in [0.15, 0.2) is 5.82 Å². The van der Waals surface area contributed by atoms with Gasteiger partial charge in [-0.25, -0.2) is 4.98 Å². The lowest BCUT2D eigenvalue weighted by molar-refractivity contribution is 0.182. The summed E-state index contributed by atoms with van der Waals surface area (Å²) in [4.78, 5) is 6.81. The zero-order valence-corrected chi connectivity index (χ0v) is 13.1. The fourth-order valence-corrected chi connectivity index (χ4v) is 3.16. The van der Waals surface area contributed by atoms with Gasteiger partial charge in [0.2, 0.25) is 0 Å². The molecule has 5 nitrogen and oxygen atoms in total. The van der Waals surface area contributed by atoms with Crippen LogP contribution in [0, 0.1) is 6.92 Å². The van der Waals surface area contributed by atoms with E-state index in [-0.39, 0.29) is 5.41 Å². The van der Waals surface area contributed by atoms with Gasteiger partial charge in [0, 0.05) is 18.5 Å². The first kappa shape index (κ1) is 14.1. The Hall–Kier alpha value is -1.88. The van der Waals surface area contributed by atoms with Crippen molar-refractivity contribution < 1.29 is 4.74 Å². The SMILES string of the molecule is COc1ccc2c(c1)C(C)(C)CN(Cc1n[nH]c(C)n1)C2. The number of hydrogen-bond acceptors (Lipinski definition) is 4. The van der Waals surface area contributed by atoms with Crippen molar-refractivity contribution in [3.8, 4) is 5.75 Å². The first-order valence-corrected chi connectivity index (χ1v) is 7.25. The van der Waals surface area contributed by atoms with Crippen molar-refractivity contribution in [3.63, 3.8) is 0 Å². The monoisotopic (exact) mass is 286 g/mol. The summed E-state index contributed by atoms with van der Waals surface area (Å²) in [7, 11) is 1.72. The van der Waals surface area contributed by atoms with Crippen LogP contribution in [0.5, 0.6) is 5.75 Å². The van der Waals surface area contributed by atoms with Crippen LogP contribution in [0.2, 0.25) is 0 Å². The number of aromatic nitrogens is 3. The van der Waals surface area contributed by atoms with Crippen LogP contribution in [-0.2, 0) is 18.5 Å². The Bertz CT molecular complexity index is 647. The Morgan fingerprint density at radius 3 is 2.86 bits per heavy atom. The molecule has 0 saturated carbocycles. The number of ether oxygens (including phenoxy) is 1. The van der Waals surface area contributed by atoms with Crippen LogP contribution >= 0.6 is 0 Å². The summed E-state index contributed by atoms with van der Waals surface area (Å²) in [5, 5.41) is 7.15. The van der Waals surface area contributed by atoms with Crippen molar-refractivity contribution in [1.29, 1.82) is 0 Å². The number of nitrogens with zero attached hydrogens (tertiary/aromatic N) is 3. The molecule has 0 bridgehead atoms. The van der Waals surface area contributed by atoms with E-state index in [1.54, 1.807) is 7.11 Å². The molecule has 0 unspecified atom stereocenters. The molecule has 2 aromatic rings. The number of fused-ring (bicyclic) bond motifs is 1. The molecule has 3 rings (SSSR count). The van der Waals surface area contributed by atoms with Crippen LogP contribution in [0.4, 0.5) is 0 Å². The smallest absolute Gasteiger partial charge is 0.164 e. The van der Waals surface area contributed by atoms with E-state index in [1.807, 2.05) is 13.0 Å². The van der Waals surface area contributed by atoms with Crippen LogP contribution in [0.1, 0.15) is 36.6 Å². The van der Waals surface area contributed by atoms with Gasteiger partial charge in [0.05, 0.1) is 13.7 Å². The number of nitrogens with one attached hydrogen (secondary N) is 1. The van der Waals surface area contributed by atoms with Crippen molar-refractivity contribution in [3.05, 3.63) is 41.0 Å². The second-order valence-electron chi connectivity index (χ2n) is 6.39. The third kappa shape index (κ3) is 2.78. The Balaban J connectivity index is 1.85. The van der Waals surface area contributed by atoms with Crippen molar-refractivity contribution in [1.82, 2.24) is 20.1 Å². The number of methoxy groups -OCH3 is 1. The Morgan fingerprint density at radius 2 is 2.19 bits per heavy atom. The molecule has 0 atom stereocenters. The summed E-state index contributed by atoms with van der Waals surface area (Å²) >= 11 is 0. The highest BCUT2D eigenvalue weighted by atomic mass is 16.5. The fourth-order valence-electron chi connectivity index (χ4n) is 3.16. The maximum absolute atomic E-state index is 5.36. The molecule has 5 heteroatoms. The number of benzene rings is 1. The van der Waals surface area contributed by atoms with Gasteiger partial charge in [0.1, 0.15) is 11.6 Å². The molecular formula is C16H22N4O. The van der Waals surface area contributed by atoms with Gasteiger partial charge >= 0.3 is 0 Å². The molecule has 0 aliphatic carbocycles. The summed E-state index contributed by atoms with van der Waals surface area (Å²) in [6.45, 7) is 9.18. The van der Waals surface area contributed by atoms with Crippen molar-refractivity contribution in [2.45, 2.75) is 39.3 Å². The molecule has 21 heavy (non-hydrogen) atoms.